The fourth-order valence-electron chi connectivity index (χ4n) is 1.83. The molecule has 0 aromatic heterocycles. The van der Waals surface area contributed by atoms with Crippen LogP contribution in [0.25, 0.3) is 11.1 Å². The molecular formula is C16H14O4. The molecule has 0 fully saturated rings. The predicted octanol–water partition coefficient (Wildman–Crippen LogP) is 3.32. The Morgan fingerprint density at radius 2 is 1.90 bits per heavy atom. The van der Waals surface area contributed by atoms with Crippen molar-refractivity contribution in [2.75, 3.05) is 6.61 Å². The van der Waals surface area contributed by atoms with Gasteiger partial charge in [0.2, 0.25) is 0 Å². The highest BCUT2D eigenvalue weighted by Crippen LogP contribution is 2.29. The molecule has 0 unspecified atom stereocenters. The van der Waals surface area contributed by atoms with Crippen LogP contribution in [0.2, 0.25) is 0 Å². The zero-order valence-electron chi connectivity index (χ0n) is 10.7. The van der Waals surface area contributed by atoms with Crippen molar-refractivity contribution >= 4 is 5.97 Å². The van der Waals surface area contributed by atoms with Crippen LogP contribution in [0, 0.1) is 0 Å². The Morgan fingerprint density at radius 1 is 1.20 bits per heavy atom. The Hall–Kier alpha value is -2.75. The van der Waals surface area contributed by atoms with Crippen molar-refractivity contribution in [1.29, 1.82) is 0 Å². The number of carboxylic acid groups (broad SMARTS) is 1. The summed E-state index contributed by atoms with van der Waals surface area (Å²) in [6.45, 7) is 3.91. The number of aromatic hydroxyl groups is 1. The van der Waals surface area contributed by atoms with Gasteiger partial charge in [0, 0.05) is 0 Å². The maximum atomic E-state index is 11.3. The molecule has 4 nitrogen and oxygen atoms in total. The summed E-state index contributed by atoms with van der Waals surface area (Å²) >= 11 is 0. The molecule has 2 rings (SSSR count). The molecule has 0 radical (unpaired) electrons. The molecule has 2 N–H and O–H groups in total. The second kappa shape index (κ2) is 5.93. The van der Waals surface area contributed by atoms with E-state index in [1.165, 1.54) is 18.2 Å². The molecule has 0 aliphatic heterocycles. The number of carbonyl (C=O) groups is 1. The van der Waals surface area contributed by atoms with Gasteiger partial charge >= 0.3 is 5.97 Å². The fourth-order valence-corrected chi connectivity index (χ4v) is 1.83. The van der Waals surface area contributed by atoms with E-state index in [1.54, 1.807) is 30.3 Å². The third-order valence-electron chi connectivity index (χ3n) is 2.77. The zero-order valence-corrected chi connectivity index (χ0v) is 10.7. The summed E-state index contributed by atoms with van der Waals surface area (Å²) in [6.07, 6.45) is 1.62. The van der Waals surface area contributed by atoms with E-state index < -0.39 is 5.97 Å². The Kier molecular flexibility index (Phi) is 4.05. The normalized spacial score (nSPS) is 10.0. The van der Waals surface area contributed by atoms with E-state index in [1.807, 2.05) is 0 Å². The molecule has 0 saturated heterocycles. The number of hydrogen-bond donors (Lipinski definition) is 2. The van der Waals surface area contributed by atoms with Gasteiger partial charge in [0.15, 0.2) is 0 Å². The summed E-state index contributed by atoms with van der Waals surface area (Å²) in [5.74, 6) is -0.314. The van der Waals surface area contributed by atoms with Gasteiger partial charge in [-0.2, -0.15) is 0 Å². The van der Waals surface area contributed by atoms with E-state index in [0.29, 0.717) is 23.5 Å². The standard InChI is InChI=1S/C16H14O4/c1-2-9-20-13-7-8-14(16(18)19)15(10-13)11-3-5-12(17)6-4-11/h2-8,10,17H,1,9H2,(H,18,19). The highest BCUT2D eigenvalue weighted by Gasteiger charge is 2.13. The molecule has 20 heavy (non-hydrogen) atoms. The van der Waals surface area contributed by atoms with Crippen LogP contribution in [0.4, 0.5) is 0 Å². The van der Waals surface area contributed by atoms with Gasteiger partial charge in [0.05, 0.1) is 5.56 Å². The van der Waals surface area contributed by atoms with Crippen molar-refractivity contribution in [2.24, 2.45) is 0 Å². The summed E-state index contributed by atoms with van der Waals surface area (Å²) in [4.78, 5) is 11.3. The lowest BCUT2D eigenvalue weighted by atomic mass is 9.99. The first kappa shape index (κ1) is 13.7. The molecule has 0 aliphatic carbocycles. The Morgan fingerprint density at radius 3 is 2.50 bits per heavy atom. The first-order chi connectivity index (χ1) is 9.61. The minimum atomic E-state index is -1.01. The van der Waals surface area contributed by atoms with E-state index in [2.05, 4.69) is 6.58 Å². The van der Waals surface area contributed by atoms with Crippen LogP contribution >= 0.6 is 0 Å². The van der Waals surface area contributed by atoms with Crippen molar-refractivity contribution in [3.63, 3.8) is 0 Å². The molecule has 0 bridgehead atoms. The van der Waals surface area contributed by atoms with Crippen LogP contribution in [-0.2, 0) is 0 Å². The summed E-state index contributed by atoms with van der Waals surface area (Å²) in [5.41, 5.74) is 1.42. The highest BCUT2D eigenvalue weighted by atomic mass is 16.5. The maximum Gasteiger partial charge on any atom is 0.336 e. The zero-order chi connectivity index (χ0) is 14.5. The molecule has 0 spiro atoms. The Bertz CT molecular complexity index is 629. The van der Waals surface area contributed by atoms with E-state index in [4.69, 9.17) is 4.74 Å². The van der Waals surface area contributed by atoms with Crippen molar-refractivity contribution in [1.82, 2.24) is 0 Å². The summed E-state index contributed by atoms with van der Waals surface area (Å²) in [5, 5.41) is 18.5. The number of aromatic carboxylic acids is 1. The number of phenolic OH excluding ortho intramolecular Hbond substituents is 1. The SMILES string of the molecule is C=CCOc1ccc(C(=O)O)c(-c2ccc(O)cc2)c1. The maximum absolute atomic E-state index is 11.3. The van der Waals surface area contributed by atoms with E-state index >= 15 is 0 Å². The second-order valence-corrected chi connectivity index (χ2v) is 4.16. The monoisotopic (exact) mass is 270 g/mol. The van der Waals surface area contributed by atoms with E-state index in [9.17, 15) is 15.0 Å². The van der Waals surface area contributed by atoms with Crippen LogP contribution in [-0.4, -0.2) is 22.8 Å². The quantitative estimate of drug-likeness (QED) is 0.818. The van der Waals surface area contributed by atoms with Crippen molar-refractivity contribution < 1.29 is 19.7 Å². The minimum Gasteiger partial charge on any atom is -0.508 e. The lowest BCUT2D eigenvalue weighted by Gasteiger charge is -2.10. The number of hydrogen-bond acceptors (Lipinski definition) is 3. The molecule has 0 heterocycles. The first-order valence-electron chi connectivity index (χ1n) is 6.02. The first-order valence-corrected chi connectivity index (χ1v) is 6.02. The van der Waals surface area contributed by atoms with Crippen molar-refractivity contribution in [3.05, 3.63) is 60.7 Å². The van der Waals surface area contributed by atoms with E-state index in [-0.39, 0.29) is 11.3 Å². The van der Waals surface area contributed by atoms with Gasteiger partial charge < -0.3 is 14.9 Å². The molecule has 0 atom stereocenters. The van der Waals surface area contributed by atoms with Gasteiger partial charge in [-0.15, -0.1) is 0 Å². The summed E-state index contributed by atoms with van der Waals surface area (Å²) in [7, 11) is 0. The molecule has 0 aliphatic rings. The summed E-state index contributed by atoms with van der Waals surface area (Å²) in [6, 6.07) is 11.1. The Labute approximate surface area is 116 Å². The number of rotatable bonds is 5. The molecule has 0 saturated carbocycles. The average molecular weight is 270 g/mol. The van der Waals surface area contributed by atoms with Crippen LogP contribution in [0.15, 0.2) is 55.1 Å². The lowest BCUT2D eigenvalue weighted by molar-refractivity contribution is 0.0697. The van der Waals surface area contributed by atoms with E-state index in [0.717, 1.165) is 0 Å². The highest BCUT2D eigenvalue weighted by molar-refractivity contribution is 5.96. The number of benzene rings is 2. The smallest absolute Gasteiger partial charge is 0.336 e. The topological polar surface area (TPSA) is 66.8 Å². The van der Waals surface area contributed by atoms with Crippen molar-refractivity contribution in [3.8, 4) is 22.6 Å². The second-order valence-electron chi connectivity index (χ2n) is 4.16. The third kappa shape index (κ3) is 2.98. The van der Waals surface area contributed by atoms with Crippen LogP contribution in [0.3, 0.4) is 0 Å². The largest absolute Gasteiger partial charge is 0.508 e. The molecule has 2 aromatic rings. The minimum absolute atomic E-state index is 0.129. The number of carboxylic acids is 1. The molecule has 2 aromatic carbocycles. The molecular weight excluding hydrogens is 256 g/mol. The third-order valence-corrected chi connectivity index (χ3v) is 2.77. The van der Waals surface area contributed by atoms with Crippen molar-refractivity contribution in [2.45, 2.75) is 0 Å². The molecule has 102 valence electrons. The van der Waals surface area contributed by atoms with Crippen LogP contribution in [0.1, 0.15) is 10.4 Å². The van der Waals surface area contributed by atoms with Crippen LogP contribution in [0.5, 0.6) is 11.5 Å². The number of ether oxygens (including phenoxy) is 1. The van der Waals surface area contributed by atoms with Gasteiger partial charge in [-0.25, -0.2) is 4.79 Å². The van der Waals surface area contributed by atoms with Gasteiger partial charge in [-0.05, 0) is 41.5 Å². The molecule has 0 amide bonds. The van der Waals surface area contributed by atoms with Gasteiger partial charge in [0.25, 0.3) is 0 Å². The average Bonchev–Trinajstić information content (AvgIpc) is 2.45. The Balaban J connectivity index is 2.48. The lowest BCUT2D eigenvalue weighted by Crippen LogP contribution is -2.01. The van der Waals surface area contributed by atoms with Gasteiger partial charge in [0.1, 0.15) is 18.1 Å². The van der Waals surface area contributed by atoms with Gasteiger partial charge in [-0.1, -0.05) is 24.8 Å². The molecule has 4 heteroatoms. The van der Waals surface area contributed by atoms with Crippen LogP contribution < -0.4 is 4.74 Å². The van der Waals surface area contributed by atoms with Gasteiger partial charge in [-0.3, -0.25) is 0 Å². The fraction of sp³-hybridized carbons (Fsp3) is 0.0625. The summed E-state index contributed by atoms with van der Waals surface area (Å²) < 4.78 is 5.42. The predicted molar refractivity (Wildman–Crippen MR) is 76.2 cm³/mol. The number of phenols is 1.